The molecule has 0 bridgehead atoms. The van der Waals surface area contributed by atoms with Gasteiger partial charge in [-0.2, -0.15) is 0 Å². The molecule has 3 rings (SSSR count). The summed E-state index contributed by atoms with van der Waals surface area (Å²) in [5.74, 6) is 0. The highest BCUT2D eigenvalue weighted by molar-refractivity contribution is 5.46. The Balaban J connectivity index is 0.000000523. The van der Waals surface area contributed by atoms with Gasteiger partial charge in [0.25, 0.3) is 0 Å². The Hall–Kier alpha value is -1.84. The Morgan fingerprint density at radius 1 is 1.00 bits per heavy atom. The molecule has 1 unspecified atom stereocenters. The molecule has 1 atom stereocenters. The number of hydrogen-bond acceptors (Lipinski definition) is 3. The summed E-state index contributed by atoms with van der Waals surface area (Å²) in [5.41, 5.74) is 2.41. The van der Waals surface area contributed by atoms with Crippen LogP contribution in [0, 0.1) is 0 Å². The van der Waals surface area contributed by atoms with Crippen molar-refractivity contribution in [2.45, 2.75) is 26.7 Å². The van der Waals surface area contributed by atoms with Crippen molar-refractivity contribution in [1.29, 1.82) is 0 Å². The fraction of sp³-hybridized carbons (Fsp3) is 0.368. The van der Waals surface area contributed by atoms with E-state index in [1.165, 1.54) is 11.3 Å². The maximum Gasteiger partial charge on any atom is 0.127 e. The molecule has 0 N–H and O–H groups in total. The molecule has 0 spiro atoms. The average Bonchev–Trinajstić information content (AvgIpc) is 3.44. The first-order chi connectivity index (χ1) is 10.8. The molecule has 2 aromatic rings. The molecule has 2 aromatic carbocycles. The molecule has 0 saturated carbocycles. The Morgan fingerprint density at radius 2 is 1.55 bits per heavy atom. The number of para-hydroxylation sites is 1. The largest absolute Gasteiger partial charge is 0.377 e. The lowest BCUT2D eigenvalue weighted by Crippen LogP contribution is -2.34. The van der Waals surface area contributed by atoms with Crippen molar-refractivity contribution in [1.82, 2.24) is 0 Å². The molecular formula is C19H25NO2. The van der Waals surface area contributed by atoms with Gasteiger partial charge in [-0.05, 0) is 31.5 Å². The van der Waals surface area contributed by atoms with Gasteiger partial charge < -0.3 is 14.4 Å². The highest BCUT2D eigenvalue weighted by atomic mass is 16.6. The molecule has 1 fully saturated rings. The van der Waals surface area contributed by atoms with Gasteiger partial charge in [0.15, 0.2) is 0 Å². The van der Waals surface area contributed by atoms with E-state index in [1.54, 1.807) is 0 Å². The predicted octanol–water partition coefficient (Wildman–Crippen LogP) is 4.09. The lowest BCUT2D eigenvalue weighted by molar-refractivity contribution is 0.0512. The molecule has 1 heterocycles. The van der Waals surface area contributed by atoms with Crippen LogP contribution in [-0.2, 0) is 16.1 Å². The van der Waals surface area contributed by atoms with E-state index in [4.69, 9.17) is 4.74 Å². The monoisotopic (exact) mass is 299 g/mol. The minimum atomic E-state index is 0.0626. The average molecular weight is 299 g/mol. The first-order valence-electron chi connectivity index (χ1n) is 7.86. The van der Waals surface area contributed by atoms with Gasteiger partial charge in [-0.1, -0.05) is 48.5 Å². The molecule has 1 saturated heterocycles. The number of anilines is 1. The standard InChI is InChI=1S/C17H21NO.C2H4O/c1-3-18(17-12-8-5-9-13-17)15(2)19-14-16-10-6-4-7-11-16;1-2-3-1/h4-13,15H,3,14H2,1-2H3;1-2H2. The Kier molecular flexibility index (Phi) is 6.94. The van der Waals surface area contributed by atoms with E-state index in [2.05, 4.69) is 59.9 Å². The molecule has 3 heteroatoms. The Labute approximate surface area is 133 Å². The van der Waals surface area contributed by atoms with Crippen molar-refractivity contribution in [3.05, 3.63) is 66.2 Å². The summed E-state index contributed by atoms with van der Waals surface area (Å²) >= 11 is 0. The van der Waals surface area contributed by atoms with Gasteiger partial charge in [0.2, 0.25) is 0 Å². The van der Waals surface area contributed by atoms with E-state index in [-0.39, 0.29) is 6.23 Å². The molecule has 0 radical (unpaired) electrons. The van der Waals surface area contributed by atoms with Crippen LogP contribution in [0.1, 0.15) is 19.4 Å². The molecule has 3 nitrogen and oxygen atoms in total. The molecule has 118 valence electrons. The van der Waals surface area contributed by atoms with Crippen LogP contribution in [0.15, 0.2) is 60.7 Å². The normalized spacial score (nSPS) is 13.7. The quantitative estimate of drug-likeness (QED) is 0.593. The minimum Gasteiger partial charge on any atom is -0.377 e. The van der Waals surface area contributed by atoms with Gasteiger partial charge in [0, 0.05) is 12.2 Å². The van der Waals surface area contributed by atoms with Crippen molar-refractivity contribution in [2.24, 2.45) is 0 Å². The number of ether oxygens (including phenoxy) is 2. The fourth-order valence-corrected chi connectivity index (χ4v) is 2.15. The van der Waals surface area contributed by atoms with Gasteiger partial charge in [0.05, 0.1) is 19.8 Å². The van der Waals surface area contributed by atoms with Crippen molar-refractivity contribution in [2.75, 3.05) is 24.7 Å². The van der Waals surface area contributed by atoms with E-state index >= 15 is 0 Å². The Bertz CT molecular complexity index is 511. The van der Waals surface area contributed by atoms with Gasteiger partial charge in [0.1, 0.15) is 6.23 Å². The summed E-state index contributed by atoms with van der Waals surface area (Å²) < 4.78 is 10.5. The van der Waals surface area contributed by atoms with Crippen molar-refractivity contribution < 1.29 is 9.47 Å². The zero-order chi connectivity index (χ0) is 15.6. The van der Waals surface area contributed by atoms with E-state index < -0.39 is 0 Å². The summed E-state index contributed by atoms with van der Waals surface area (Å²) in [6.45, 7) is 7.82. The first kappa shape index (κ1) is 16.5. The fourth-order valence-electron chi connectivity index (χ4n) is 2.15. The number of benzene rings is 2. The van der Waals surface area contributed by atoms with Crippen molar-refractivity contribution in [3.63, 3.8) is 0 Å². The number of rotatable bonds is 6. The van der Waals surface area contributed by atoms with Crippen molar-refractivity contribution in [3.8, 4) is 0 Å². The maximum atomic E-state index is 5.96. The van der Waals surface area contributed by atoms with Gasteiger partial charge >= 0.3 is 0 Å². The van der Waals surface area contributed by atoms with Gasteiger partial charge in [-0.25, -0.2) is 0 Å². The zero-order valence-electron chi connectivity index (χ0n) is 13.4. The van der Waals surface area contributed by atoms with Crippen molar-refractivity contribution >= 4 is 5.69 Å². The number of nitrogens with zero attached hydrogens (tertiary/aromatic N) is 1. The third kappa shape index (κ3) is 5.88. The molecular weight excluding hydrogens is 274 g/mol. The topological polar surface area (TPSA) is 25.0 Å². The molecule has 0 aliphatic carbocycles. The van der Waals surface area contributed by atoms with E-state index in [9.17, 15) is 0 Å². The van der Waals surface area contributed by atoms with Crippen LogP contribution in [0.4, 0.5) is 5.69 Å². The van der Waals surface area contributed by atoms with Crippen LogP contribution in [0.2, 0.25) is 0 Å². The highest BCUT2D eigenvalue weighted by Crippen LogP contribution is 2.17. The molecule has 1 aliphatic heterocycles. The lowest BCUT2D eigenvalue weighted by atomic mass is 10.2. The second-order valence-electron chi connectivity index (χ2n) is 5.13. The van der Waals surface area contributed by atoms with Gasteiger partial charge in [-0.15, -0.1) is 0 Å². The maximum absolute atomic E-state index is 5.96. The highest BCUT2D eigenvalue weighted by Gasteiger charge is 2.12. The molecule has 22 heavy (non-hydrogen) atoms. The summed E-state index contributed by atoms with van der Waals surface area (Å²) in [4.78, 5) is 2.25. The van der Waals surface area contributed by atoms with Crippen LogP contribution < -0.4 is 4.90 Å². The summed E-state index contributed by atoms with van der Waals surface area (Å²) in [6, 6.07) is 20.7. The van der Waals surface area contributed by atoms with E-state index in [0.717, 1.165) is 19.8 Å². The molecule has 0 amide bonds. The second-order valence-corrected chi connectivity index (χ2v) is 5.13. The minimum absolute atomic E-state index is 0.0626. The lowest BCUT2D eigenvalue weighted by Gasteiger charge is -2.30. The van der Waals surface area contributed by atoms with Crippen LogP contribution in [0.3, 0.4) is 0 Å². The number of epoxide rings is 1. The molecule has 1 aliphatic rings. The number of hydrogen-bond donors (Lipinski definition) is 0. The summed E-state index contributed by atoms with van der Waals surface area (Å²) in [7, 11) is 0. The van der Waals surface area contributed by atoms with Crippen LogP contribution in [0.5, 0.6) is 0 Å². The summed E-state index contributed by atoms with van der Waals surface area (Å²) in [5, 5.41) is 0. The van der Waals surface area contributed by atoms with E-state index in [1.807, 2.05) is 24.3 Å². The third-order valence-electron chi connectivity index (χ3n) is 3.41. The van der Waals surface area contributed by atoms with Gasteiger partial charge in [-0.3, -0.25) is 0 Å². The SMILES string of the molecule is C1CO1.CCN(c1ccccc1)C(C)OCc1ccccc1. The second kappa shape index (κ2) is 9.23. The van der Waals surface area contributed by atoms with E-state index in [0.29, 0.717) is 6.61 Å². The first-order valence-corrected chi connectivity index (χ1v) is 7.86. The van der Waals surface area contributed by atoms with Crippen LogP contribution in [0.25, 0.3) is 0 Å². The van der Waals surface area contributed by atoms with Crippen LogP contribution >= 0.6 is 0 Å². The smallest absolute Gasteiger partial charge is 0.127 e. The molecule has 0 aromatic heterocycles. The summed E-state index contributed by atoms with van der Waals surface area (Å²) in [6.07, 6.45) is 0.0626. The van der Waals surface area contributed by atoms with Crippen LogP contribution in [-0.4, -0.2) is 26.0 Å². The third-order valence-corrected chi connectivity index (χ3v) is 3.41. The zero-order valence-corrected chi connectivity index (χ0v) is 13.4. The Morgan fingerprint density at radius 3 is 2.05 bits per heavy atom. The predicted molar refractivity (Wildman–Crippen MR) is 91.0 cm³/mol.